The van der Waals surface area contributed by atoms with Gasteiger partial charge in [0.15, 0.2) is 0 Å². The van der Waals surface area contributed by atoms with Gasteiger partial charge in [0, 0.05) is 13.1 Å². The molecule has 0 aliphatic carbocycles. The van der Waals surface area contributed by atoms with Crippen molar-refractivity contribution in [3.8, 4) is 0 Å². The second-order valence-electron chi connectivity index (χ2n) is 2.52. The van der Waals surface area contributed by atoms with E-state index < -0.39 is 0 Å². The molecule has 5 heteroatoms. The van der Waals surface area contributed by atoms with Crippen LogP contribution in [0.15, 0.2) is 6.20 Å². The van der Waals surface area contributed by atoms with E-state index in [1.807, 2.05) is 13.8 Å². The van der Waals surface area contributed by atoms with Crippen LogP contribution in [0.25, 0.3) is 0 Å². The summed E-state index contributed by atoms with van der Waals surface area (Å²) >= 11 is 5.81. The SMILES string of the molecule is CCNC(=O)c1c(Cl)cnn1CC. The molecular weight excluding hydrogens is 190 g/mol. The maximum absolute atomic E-state index is 11.4. The smallest absolute Gasteiger partial charge is 0.271 e. The lowest BCUT2D eigenvalue weighted by atomic mass is 10.4. The summed E-state index contributed by atoms with van der Waals surface area (Å²) in [6.45, 7) is 4.99. The molecule has 0 bridgehead atoms. The van der Waals surface area contributed by atoms with E-state index in [4.69, 9.17) is 11.6 Å². The average molecular weight is 202 g/mol. The molecule has 0 aliphatic heterocycles. The summed E-state index contributed by atoms with van der Waals surface area (Å²) < 4.78 is 1.58. The number of rotatable bonds is 3. The Labute approximate surface area is 81.9 Å². The third kappa shape index (κ3) is 2.01. The van der Waals surface area contributed by atoms with E-state index in [0.717, 1.165) is 0 Å². The van der Waals surface area contributed by atoms with Crippen molar-refractivity contribution in [3.63, 3.8) is 0 Å². The van der Waals surface area contributed by atoms with Gasteiger partial charge in [-0.15, -0.1) is 0 Å². The summed E-state index contributed by atoms with van der Waals surface area (Å²) in [5.41, 5.74) is 0.436. The zero-order valence-electron chi connectivity index (χ0n) is 7.67. The number of nitrogens with zero attached hydrogens (tertiary/aromatic N) is 2. The molecule has 1 aromatic heterocycles. The molecule has 0 radical (unpaired) electrons. The molecule has 72 valence electrons. The number of hydrogen-bond donors (Lipinski definition) is 1. The van der Waals surface area contributed by atoms with Crippen LogP contribution in [0.4, 0.5) is 0 Å². The summed E-state index contributed by atoms with van der Waals surface area (Å²) in [6.07, 6.45) is 1.48. The van der Waals surface area contributed by atoms with Gasteiger partial charge in [-0.05, 0) is 13.8 Å². The fourth-order valence-electron chi connectivity index (χ4n) is 1.07. The Kier molecular flexibility index (Phi) is 3.31. The molecule has 1 heterocycles. The second-order valence-corrected chi connectivity index (χ2v) is 2.92. The van der Waals surface area contributed by atoms with Crippen LogP contribution < -0.4 is 5.32 Å². The molecule has 0 aromatic carbocycles. The summed E-state index contributed by atoms with van der Waals surface area (Å²) in [5, 5.41) is 7.04. The van der Waals surface area contributed by atoms with E-state index in [1.54, 1.807) is 4.68 Å². The lowest BCUT2D eigenvalue weighted by Crippen LogP contribution is -2.25. The normalized spacial score (nSPS) is 10.1. The van der Waals surface area contributed by atoms with Crippen molar-refractivity contribution < 1.29 is 4.79 Å². The molecule has 0 atom stereocenters. The van der Waals surface area contributed by atoms with Gasteiger partial charge in [0.05, 0.1) is 11.2 Å². The summed E-state index contributed by atoms with van der Waals surface area (Å²) in [5.74, 6) is -0.174. The topological polar surface area (TPSA) is 46.9 Å². The number of carbonyl (C=O) groups is 1. The first-order valence-corrected chi connectivity index (χ1v) is 4.58. The van der Waals surface area contributed by atoms with Crippen molar-refractivity contribution in [2.45, 2.75) is 20.4 Å². The zero-order valence-corrected chi connectivity index (χ0v) is 8.43. The van der Waals surface area contributed by atoms with E-state index in [0.29, 0.717) is 23.8 Å². The first-order chi connectivity index (χ1) is 6.20. The minimum absolute atomic E-state index is 0.174. The highest BCUT2D eigenvalue weighted by Gasteiger charge is 2.15. The summed E-state index contributed by atoms with van der Waals surface area (Å²) in [7, 11) is 0. The largest absolute Gasteiger partial charge is 0.351 e. The monoisotopic (exact) mass is 201 g/mol. The van der Waals surface area contributed by atoms with E-state index in [2.05, 4.69) is 10.4 Å². The van der Waals surface area contributed by atoms with Crippen molar-refractivity contribution in [1.29, 1.82) is 0 Å². The van der Waals surface area contributed by atoms with Crippen LogP contribution in [0.1, 0.15) is 24.3 Å². The molecule has 0 unspecified atom stereocenters. The van der Waals surface area contributed by atoms with E-state index in [1.165, 1.54) is 6.20 Å². The standard InChI is InChI=1S/C8H12ClN3O/c1-3-10-8(13)7-6(9)5-11-12(7)4-2/h5H,3-4H2,1-2H3,(H,10,13). The van der Waals surface area contributed by atoms with Crippen LogP contribution in [0.5, 0.6) is 0 Å². The number of halogens is 1. The van der Waals surface area contributed by atoms with Crippen LogP contribution in [-0.2, 0) is 6.54 Å². The first kappa shape index (κ1) is 10.1. The Bertz CT molecular complexity index is 308. The van der Waals surface area contributed by atoms with Gasteiger partial charge in [-0.2, -0.15) is 5.10 Å². The van der Waals surface area contributed by atoms with Gasteiger partial charge >= 0.3 is 0 Å². The Morgan fingerprint density at radius 2 is 2.38 bits per heavy atom. The number of aromatic nitrogens is 2. The van der Waals surface area contributed by atoms with E-state index in [-0.39, 0.29) is 5.91 Å². The third-order valence-corrected chi connectivity index (χ3v) is 1.92. The van der Waals surface area contributed by atoms with Gasteiger partial charge in [0.2, 0.25) is 0 Å². The molecule has 1 amide bonds. The zero-order chi connectivity index (χ0) is 9.84. The van der Waals surface area contributed by atoms with Crippen LogP contribution in [0, 0.1) is 0 Å². The number of hydrogen-bond acceptors (Lipinski definition) is 2. The predicted octanol–water partition coefficient (Wildman–Crippen LogP) is 1.31. The quantitative estimate of drug-likeness (QED) is 0.802. The fourth-order valence-corrected chi connectivity index (χ4v) is 1.30. The molecule has 0 saturated carbocycles. The van der Waals surface area contributed by atoms with Crippen LogP contribution in [0.3, 0.4) is 0 Å². The van der Waals surface area contributed by atoms with Gasteiger partial charge in [0.25, 0.3) is 5.91 Å². The molecule has 4 nitrogen and oxygen atoms in total. The van der Waals surface area contributed by atoms with Crippen molar-refractivity contribution in [2.24, 2.45) is 0 Å². The van der Waals surface area contributed by atoms with Crippen molar-refractivity contribution in [3.05, 3.63) is 16.9 Å². The van der Waals surface area contributed by atoms with Gasteiger partial charge in [0.1, 0.15) is 5.69 Å². The van der Waals surface area contributed by atoms with Gasteiger partial charge in [-0.1, -0.05) is 11.6 Å². The van der Waals surface area contributed by atoms with E-state index >= 15 is 0 Å². The second kappa shape index (κ2) is 4.28. The van der Waals surface area contributed by atoms with Crippen LogP contribution in [0.2, 0.25) is 5.02 Å². The predicted molar refractivity (Wildman–Crippen MR) is 50.9 cm³/mol. The molecule has 0 aliphatic rings. The molecule has 0 fully saturated rings. The molecule has 1 rings (SSSR count). The Hall–Kier alpha value is -1.03. The molecule has 1 aromatic rings. The number of amides is 1. The Balaban J connectivity index is 2.96. The molecular formula is C8H12ClN3O. The molecule has 1 N–H and O–H groups in total. The maximum atomic E-state index is 11.4. The van der Waals surface area contributed by atoms with Crippen molar-refractivity contribution in [2.75, 3.05) is 6.54 Å². The highest BCUT2D eigenvalue weighted by Crippen LogP contribution is 2.14. The Morgan fingerprint density at radius 1 is 1.69 bits per heavy atom. The molecule has 0 spiro atoms. The van der Waals surface area contributed by atoms with Gasteiger partial charge in [-0.25, -0.2) is 0 Å². The molecule has 0 saturated heterocycles. The number of aryl methyl sites for hydroxylation is 1. The van der Waals surface area contributed by atoms with Gasteiger partial charge in [-0.3, -0.25) is 9.48 Å². The fraction of sp³-hybridized carbons (Fsp3) is 0.500. The minimum Gasteiger partial charge on any atom is -0.351 e. The molecule has 13 heavy (non-hydrogen) atoms. The average Bonchev–Trinajstić information content (AvgIpc) is 2.47. The summed E-state index contributed by atoms with van der Waals surface area (Å²) in [4.78, 5) is 11.4. The highest BCUT2D eigenvalue weighted by molar-refractivity contribution is 6.33. The van der Waals surface area contributed by atoms with E-state index in [9.17, 15) is 4.79 Å². The number of carbonyl (C=O) groups excluding carboxylic acids is 1. The van der Waals surface area contributed by atoms with Crippen LogP contribution >= 0.6 is 11.6 Å². The summed E-state index contributed by atoms with van der Waals surface area (Å²) in [6, 6.07) is 0. The minimum atomic E-state index is -0.174. The lowest BCUT2D eigenvalue weighted by molar-refractivity contribution is 0.0945. The first-order valence-electron chi connectivity index (χ1n) is 4.20. The van der Waals surface area contributed by atoms with Crippen molar-refractivity contribution in [1.82, 2.24) is 15.1 Å². The Morgan fingerprint density at radius 3 is 2.92 bits per heavy atom. The number of nitrogens with one attached hydrogen (secondary N) is 1. The van der Waals surface area contributed by atoms with Crippen LogP contribution in [-0.4, -0.2) is 22.2 Å². The third-order valence-electron chi connectivity index (χ3n) is 1.65. The maximum Gasteiger partial charge on any atom is 0.271 e. The lowest BCUT2D eigenvalue weighted by Gasteiger charge is -2.04. The van der Waals surface area contributed by atoms with Crippen molar-refractivity contribution >= 4 is 17.5 Å². The van der Waals surface area contributed by atoms with Gasteiger partial charge < -0.3 is 5.32 Å². The highest BCUT2D eigenvalue weighted by atomic mass is 35.5.